The summed E-state index contributed by atoms with van der Waals surface area (Å²) in [6, 6.07) is 7.80. The number of halogens is 2. The average Bonchev–Trinajstić information content (AvgIpc) is 2.55. The van der Waals surface area contributed by atoms with Crippen LogP contribution in [0, 0.1) is 5.92 Å². The Morgan fingerprint density at radius 3 is 2.16 bits per heavy atom. The Balaban J connectivity index is 0.00000288. The van der Waals surface area contributed by atoms with Gasteiger partial charge >= 0.3 is 0 Å². The second-order valence-electron chi connectivity index (χ2n) is 6.69. The van der Waals surface area contributed by atoms with Gasteiger partial charge in [0.05, 0.1) is 13.2 Å². The molecule has 1 fully saturated rings. The van der Waals surface area contributed by atoms with Crippen LogP contribution >= 0.6 is 24.8 Å². The number of hydrogen-bond donors (Lipinski definition) is 1. The molecule has 0 bridgehead atoms. The van der Waals surface area contributed by atoms with Gasteiger partial charge in [0.2, 0.25) is 5.91 Å². The topological polar surface area (TPSA) is 58.8 Å². The van der Waals surface area contributed by atoms with E-state index in [9.17, 15) is 4.79 Å². The van der Waals surface area contributed by atoms with Crippen molar-refractivity contribution in [1.29, 1.82) is 0 Å². The molecule has 1 aromatic carbocycles. The number of benzene rings is 1. The van der Waals surface area contributed by atoms with Gasteiger partial charge in [-0.15, -0.1) is 24.8 Å². The molecule has 1 aromatic rings. The van der Waals surface area contributed by atoms with Gasteiger partial charge in [-0.3, -0.25) is 9.69 Å². The van der Waals surface area contributed by atoms with Gasteiger partial charge < -0.3 is 15.4 Å². The van der Waals surface area contributed by atoms with Gasteiger partial charge in [-0.2, -0.15) is 0 Å². The summed E-state index contributed by atoms with van der Waals surface area (Å²) in [5.74, 6) is 1.43. The maximum absolute atomic E-state index is 12.3. The number of ether oxygens (including phenoxy) is 1. The van der Waals surface area contributed by atoms with E-state index < -0.39 is 0 Å². The molecule has 0 aromatic heterocycles. The summed E-state index contributed by atoms with van der Waals surface area (Å²) in [6.45, 7) is 8.42. The van der Waals surface area contributed by atoms with E-state index in [0.717, 1.165) is 44.9 Å². The van der Waals surface area contributed by atoms with Crippen molar-refractivity contribution >= 4 is 30.7 Å². The van der Waals surface area contributed by atoms with Crippen molar-refractivity contribution in [2.24, 2.45) is 11.7 Å². The van der Waals surface area contributed by atoms with Crippen molar-refractivity contribution in [2.75, 3.05) is 33.3 Å². The summed E-state index contributed by atoms with van der Waals surface area (Å²) >= 11 is 0. The van der Waals surface area contributed by atoms with Crippen LogP contribution in [0.5, 0.6) is 5.75 Å². The van der Waals surface area contributed by atoms with Crippen LogP contribution in [0.1, 0.15) is 25.8 Å². The van der Waals surface area contributed by atoms with E-state index in [1.165, 1.54) is 5.56 Å². The third-order valence-electron chi connectivity index (χ3n) is 4.29. The van der Waals surface area contributed by atoms with Crippen molar-refractivity contribution in [1.82, 2.24) is 9.80 Å². The number of carbonyl (C=O) groups excluding carboxylic acids is 1. The minimum absolute atomic E-state index is 0. The zero-order valence-electron chi connectivity index (χ0n) is 15.3. The molecule has 0 aliphatic carbocycles. The zero-order valence-corrected chi connectivity index (χ0v) is 16.9. The largest absolute Gasteiger partial charge is 0.497 e. The molecule has 2 N–H and O–H groups in total. The molecule has 1 heterocycles. The number of nitrogens with zero attached hydrogens (tertiary/aromatic N) is 2. The van der Waals surface area contributed by atoms with E-state index in [4.69, 9.17) is 10.5 Å². The molecule has 0 radical (unpaired) electrons. The first kappa shape index (κ1) is 24.0. The smallest absolute Gasteiger partial charge is 0.239 e. The monoisotopic (exact) mass is 391 g/mol. The van der Waals surface area contributed by atoms with E-state index >= 15 is 0 Å². The number of amides is 1. The highest BCUT2D eigenvalue weighted by molar-refractivity contribution is 5.85. The Kier molecular flexibility index (Phi) is 11.1. The van der Waals surface area contributed by atoms with Gasteiger partial charge in [0, 0.05) is 32.7 Å². The van der Waals surface area contributed by atoms with Crippen molar-refractivity contribution in [2.45, 2.75) is 32.9 Å². The maximum atomic E-state index is 12.3. The number of methoxy groups -OCH3 is 1. The van der Waals surface area contributed by atoms with Crippen LogP contribution in [-0.2, 0) is 11.3 Å². The van der Waals surface area contributed by atoms with Crippen LogP contribution in [0.4, 0.5) is 0 Å². The van der Waals surface area contributed by atoms with Crippen molar-refractivity contribution in [3.05, 3.63) is 29.8 Å². The number of piperazine rings is 1. The van der Waals surface area contributed by atoms with Crippen molar-refractivity contribution in [3.63, 3.8) is 0 Å². The number of nitrogens with two attached hydrogens (primary N) is 1. The predicted molar refractivity (Wildman–Crippen MR) is 107 cm³/mol. The molecule has 1 aliphatic rings. The van der Waals surface area contributed by atoms with E-state index in [1.54, 1.807) is 7.11 Å². The quantitative estimate of drug-likeness (QED) is 0.809. The van der Waals surface area contributed by atoms with Gasteiger partial charge in [0.1, 0.15) is 5.75 Å². The Morgan fingerprint density at radius 1 is 1.12 bits per heavy atom. The molecule has 5 nitrogen and oxygen atoms in total. The Bertz CT molecular complexity index is 504. The Labute approximate surface area is 163 Å². The molecule has 2 rings (SSSR count). The molecule has 144 valence electrons. The summed E-state index contributed by atoms with van der Waals surface area (Å²) in [4.78, 5) is 16.6. The lowest BCUT2D eigenvalue weighted by molar-refractivity contribution is -0.134. The standard InChI is InChI=1S/C18H29N3O2.2ClH/c1-14(2)12-17(19)18(22)21-10-8-20(9-11-21)13-15-4-6-16(23-3)7-5-15;;/h4-7,14,17H,8-13,19H2,1-3H3;2*1H/t17-;;/m1../s1. The van der Waals surface area contributed by atoms with Crippen molar-refractivity contribution < 1.29 is 9.53 Å². The minimum Gasteiger partial charge on any atom is -0.497 e. The molecular weight excluding hydrogens is 361 g/mol. The highest BCUT2D eigenvalue weighted by Gasteiger charge is 2.25. The second-order valence-corrected chi connectivity index (χ2v) is 6.69. The lowest BCUT2D eigenvalue weighted by Crippen LogP contribution is -2.53. The van der Waals surface area contributed by atoms with Crippen LogP contribution in [0.3, 0.4) is 0 Å². The minimum atomic E-state index is -0.358. The average molecular weight is 392 g/mol. The summed E-state index contributed by atoms with van der Waals surface area (Å²) < 4.78 is 5.18. The number of carbonyl (C=O) groups is 1. The van der Waals surface area contributed by atoms with E-state index in [2.05, 4.69) is 30.9 Å². The summed E-state index contributed by atoms with van der Waals surface area (Å²) in [6.07, 6.45) is 0.755. The lowest BCUT2D eigenvalue weighted by atomic mass is 10.0. The number of rotatable bonds is 6. The molecule has 1 saturated heterocycles. The summed E-state index contributed by atoms with van der Waals surface area (Å²) in [7, 11) is 1.68. The molecule has 25 heavy (non-hydrogen) atoms. The maximum Gasteiger partial charge on any atom is 0.239 e. The molecule has 1 aliphatic heterocycles. The van der Waals surface area contributed by atoms with Crippen LogP contribution in [-0.4, -0.2) is 55.0 Å². The van der Waals surface area contributed by atoms with Gasteiger partial charge in [0.25, 0.3) is 0 Å². The van der Waals surface area contributed by atoms with Gasteiger partial charge in [-0.25, -0.2) is 0 Å². The van der Waals surface area contributed by atoms with Gasteiger partial charge in [0.15, 0.2) is 0 Å². The summed E-state index contributed by atoms with van der Waals surface area (Å²) in [5.41, 5.74) is 7.28. The molecular formula is C18H31Cl2N3O2. The fourth-order valence-corrected chi connectivity index (χ4v) is 2.96. The normalized spacial score (nSPS) is 16.0. The predicted octanol–water partition coefficient (Wildman–Crippen LogP) is 2.56. The van der Waals surface area contributed by atoms with Crippen molar-refractivity contribution in [3.8, 4) is 5.75 Å². The van der Waals surface area contributed by atoms with E-state index in [0.29, 0.717) is 5.92 Å². The third-order valence-corrected chi connectivity index (χ3v) is 4.29. The molecule has 0 unspecified atom stereocenters. The van der Waals surface area contributed by atoms with Crippen LogP contribution in [0.2, 0.25) is 0 Å². The fourth-order valence-electron chi connectivity index (χ4n) is 2.96. The van der Waals surface area contributed by atoms with E-state index in [1.807, 2.05) is 17.0 Å². The summed E-state index contributed by atoms with van der Waals surface area (Å²) in [5, 5.41) is 0. The first-order valence-corrected chi connectivity index (χ1v) is 8.39. The van der Waals surface area contributed by atoms with Gasteiger partial charge in [-0.1, -0.05) is 26.0 Å². The molecule has 7 heteroatoms. The Morgan fingerprint density at radius 2 is 1.68 bits per heavy atom. The highest BCUT2D eigenvalue weighted by atomic mass is 35.5. The molecule has 0 spiro atoms. The van der Waals surface area contributed by atoms with Crippen LogP contribution < -0.4 is 10.5 Å². The van der Waals surface area contributed by atoms with E-state index in [-0.39, 0.29) is 36.8 Å². The van der Waals surface area contributed by atoms with Crippen LogP contribution in [0.15, 0.2) is 24.3 Å². The lowest BCUT2D eigenvalue weighted by Gasteiger charge is -2.36. The second kappa shape index (κ2) is 11.6. The van der Waals surface area contributed by atoms with Crippen LogP contribution in [0.25, 0.3) is 0 Å². The number of hydrogen-bond acceptors (Lipinski definition) is 4. The fraction of sp³-hybridized carbons (Fsp3) is 0.611. The Hall–Kier alpha value is -1.01. The zero-order chi connectivity index (χ0) is 16.8. The molecule has 0 saturated carbocycles. The molecule has 1 atom stereocenters. The highest BCUT2D eigenvalue weighted by Crippen LogP contribution is 2.15. The third kappa shape index (κ3) is 7.40. The SMILES string of the molecule is COc1ccc(CN2CCN(C(=O)[C@H](N)CC(C)C)CC2)cc1.Cl.Cl. The molecule has 1 amide bonds. The first-order valence-electron chi connectivity index (χ1n) is 8.39. The first-order chi connectivity index (χ1) is 11.0. The van der Waals surface area contributed by atoms with Gasteiger partial charge in [-0.05, 0) is 30.0 Å².